The quantitative estimate of drug-likeness (QED) is 0.246. The third-order valence-electron chi connectivity index (χ3n) is 6.58. The standard InChI is InChI=1S/C30H24S4/c1-5-15-25-21(11-1)31-22-12-2-6-16-26(22)33(25)29-19-9-10-20-30(29)34-27-17-7-3-13-23(27)32-24-14-4-8-18-28(24)34/h1-8,11-18H,9-10,19-20H2/q+2. The van der Waals surface area contributed by atoms with E-state index >= 15 is 0 Å². The molecule has 0 nitrogen and oxygen atoms in total. The van der Waals surface area contributed by atoms with Crippen LogP contribution in [0.25, 0.3) is 0 Å². The molecule has 3 aliphatic rings. The number of benzene rings is 4. The van der Waals surface area contributed by atoms with E-state index in [9.17, 15) is 0 Å². The lowest BCUT2D eigenvalue weighted by atomic mass is 10.1. The second kappa shape index (κ2) is 8.91. The van der Waals surface area contributed by atoms with Crippen LogP contribution in [0, 0.1) is 0 Å². The zero-order valence-corrected chi connectivity index (χ0v) is 22.0. The van der Waals surface area contributed by atoms with Crippen molar-refractivity contribution in [3.05, 3.63) is 107 Å². The van der Waals surface area contributed by atoms with Gasteiger partial charge in [-0.05, 0) is 61.4 Å². The van der Waals surface area contributed by atoms with Crippen LogP contribution >= 0.6 is 23.5 Å². The molecule has 0 fully saturated rings. The minimum absolute atomic E-state index is 0.00738. The molecule has 0 N–H and O–H groups in total. The van der Waals surface area contributed by atoms with Crippen molar-refractivity contribution in [3.8, 4) is 0 Å². The highest BCUT2D eigenvalue weighted by atomic mass is 32.2. The van der Waals surface area contributed by atoms with Crippen LogP contribution in [-0.4, -0.2) is 0 Å². The van der Waals surface area contributed by atoms with Gasteiger partial charge in [0.15, 0.2) is 29.4 Å². The Morgan fingerprint density at radius 3 is 1.03 bits per heavy atom. The molecule has 7 rings (SSSR count). The van der Waals surface area contributed by atoms with E-state index in [2.05, 4.69) is 97.1 Å². The molecule has 0 aromatic heterocycles. The van der Waals surface area contributed by atoms with Crippen molar-refractivity contribution in [1.29, 1.82) is 0 Å². The number of fused-ring (bicyclic) bond motifs is 4. The van der Waals surface area contributed by atoms with E-state index in [1.165, 1.54) is 64.8 Å². The van der Waals surface area contributed by atoms with Gasteiger partial charge in [0, 0.05) is 12.8 Å². The van der Waals surface area contributed by atoms with Gasteiger partial charge in [0.05, 0.1) is 19.6 Å². The van der Waals surface area contributed by atoms with Crippen molar-refractivity contribution in [2.75, 3.05) is 0 Å². The number of hydrogen-bond acceptors (Lipinski definition) is 2. The van der Waals surface area contributed by atoms with Crippen molar-refractivity contribution in [2.45, 2.75) is 64.8 Å². The molecule has 2 heterocycles. The molecule has 4 heteroatoms. The van der Waals surface area contributed by atoms with Crippen molar-refractivity contribution in [1.82, 2.24) is 0 Å². The average Bonchev–Trinajstić information content (AvgIpc) is 2.90. The first-order chi connectivity index (χ1) is 16.9. The first-order valence-electron chi connectivity index (χ1n) is 11.8. The first kappa shape index (κ1) is 21.3. The lowest BCUT2D eigenvalue weighted by molar-refractivity contribution is 0.712. The van der Waals surface area contributed by atoms with Crippen LogP contribution in [0.4, 0.5) is 0 Å². The number of hydrogen-bond donors (Lipinski definition) is 0. The normalized spacial score (nSPS) is 17.5. The fourth-order valence-corrected chi connectivity index (χ4v) is 13.7. The highest BCUT2D eigenvalue weighted by Crippen LogP contribution is 2.55. The summed E-state index contributed by atoms with van der Waals surface area (Å²) in [5.41, 5.74) is 0. The Morgan fingerprint density at radius 1 is 0.412 bits per heavy atom. The van der Waals surface area contributed by atoms with Crippen LogP contribution in [0.2, 0.25) is 0 Å². The summed E-state index contributed by atoms with van der Waals surface area (Å²) in [4.78, 5) is 15.3. The molecule has 4 aromatic rings. The molecule has 1 aliphatic carbocycles. The average molecular weight is 513 g/mol. The van der Waals surface area contributed by atoms with E-state index in [4.69, 9.17) is 0 Å². The fourth-order valence-electron chi connectivity index (χ4n) is 5.10. The summed E-state index contributed by atoms with van der Waals surface area (Å²) >= 11 is 3.89. The second-order valence-electron chi connectivity index (χ2n) is 8.66. The Kier molecular flexibility index (Phi) is 5.58. The zero-order chi connectivity index (χ0) is 22.5. The van der Waals surface area contributed by atoms with Gasteiger partial charge in [0.1, 0.15) is 21.8 Å². The van der Waals surface area contributed by atoms with Gasteiger partial charge in [-0.1, -0.05) is 72.1 Å². The van der Waals surface area contributed by atoms with Crippen LogP contribution in [0.3, 0.4) is 0 Å². The topological polar surface area (TPSA) is 0 Å². The molecule has 0 radical (unpaired) electrons. The predicted molar refractivity (Wildman–Crippen MR) is 147 cm³/mol. The fraction of sp³-hybridized carbons (Fsp3) is 0.133. The molecule has 34 heavy (non-hydrogen) atoms. The maximum atomic E-state index is 2.39. The number of rotatable bonds is 2. The van der Waals surface area contributed by atoms with Crippen LogP contribution < -0.4 is 0 Å². The molecule has 0 bridgehead atoms. The molecular weight excluding hydrogens is 489 g/mol. The van der Waals surface area contributed by atoms with Gasteiger partial charge in [0.25, 0.3) is 0 Å². The Balaban J connectivity index is 1.49. The SMILES string of the molecule is c1ccc2c(c1)Sc1ccccc1[S+]2C1=C([S+]2c3ccccc3Sc3ccccc32)CCCC1. The molecule has 0 saturated heterocycles. The van der Waals surface area contributed by atoms with Crippen LogP contribution in [-0.2, 0) is 21.8 Å². The van der Waals surface area contributed by atoms with Gasteiger partial charge in [0.2, 0.25) is 0 Å². The predicted octanol–water partition coefficient (Wildman–Crippen LogP) is 9.17. The van der Waals surface area contributed by atoms with Gasteiger partial charge in [-0.15, -0.1) is 0 Å². The lowest BCUT2D eigenvalue weighted by Crippen LogP contribution is -2.22. The zero-order valence-electron chi connectivity index (χ0n) is 18.7. The van der Waals surface area contributed by atoms with E-state index in [1.807, 2.05) is 23.5 Å². The van der Waals surface area contributed by atoms with Crippen LogP contribution in [0.15, 0.2) is 146 Å². The van der Waals surface area contributed by atoms with Gasteiger partial charge in [-0.2, -0.15) is 0 Å². The Bertz CT molecular complexity index is 1240. The molecule has 166 valence electrons. The Hall–Kier alpha value is -1.98. The van der Waals surface area contributed by atoms with Crippen LogP contribution in [0.5, 0.6) is 0 Å². The third kappa shape index (κ3) is 3.50. The summed E-state index contributed by atoms with van der Waals surface area (Å²) in [6.07, 6.45) is 5.03. The van der Waals surface area contributed by atoms with Gasteiger partial charge in [-0.25, -0.2) is 0 Å². The van der Waals surface area contributed by atoms with Gasteiger partial charge >= 0.3 is 0 Å². The van der Waals surface area contributed by atoms with Gasteiger partial charge < -0.3 is 0 Å². The molecule has 0 amide bonds. The van der Waals surface area contributed by atoms with Crippen molar-refractivity contribution >= 4 is 45.3 Å². The molecule has 4 aromatic carbocycles. The summed E-state index contributed by atoms with van der Waals surface area (Å²) in [6.45, 7) is 0. The van der Waals surface area contributed by atoms with E-state index in [-0.39, 0.29) is 21.8 Å². The molecular formula is C30H24S4+2. The maximum absolute atomic E-state index is 2.39. The summed E-state index contributed by atoms with van der Waals surface area (Å²) in [6, 6.07) is 36.6. The van der Waals surface area contributed by atoms with Crippen molar-refractivity contribution in [3.63, 3.8) is 0 Å². The molecule has 0 unspecified atom stereocenters. The molecule has 2 aliphatic heterocycles. The second-order valence-corrected chi connectivity index (χ2v) is 14.8. The van der Waals surface area contributed by atoms with E-state index < -0.39 is 0 Å². The Labute approximate surface area is 216 Å². The first-order valence-corrected chi connectivity index (χ1v) is 15.9. The molecule has 0 atom stereocenters. The van der Waals surface area contributed by atoms with Crippen molar-refractivity contribution < 1.29 is 0 Å². The summed E-state index contributed by atoms with van der Waals surface area (Å²) < 4.78 is 0. The largest absolute Gasteiger partial charge is 0.194 e. The maximum Gasteiger partial charge on any atom is 0.194 e. The van der Waals surface area contributed by atoms with E-state index in [0.717, 1.165) is 0 Å². The minimum Gasteiger partial charge on any atom is -0.0795 e. The summed E-state index contributed by atoms with van der Waals surface area (Å²) in [7, 11) is -0.0148. The molecule has 0 spiro atoms. The summed E-state index contributed by atoms with van der Waals surface area (Å²) in [5.74, 6) is 0. The summed E-state index contributed by atoms with van der Waals surface area (Å²) in [5, 5.41) is 0. The number of allylic oxidation sites excluding steroid dienone is 2. The van der Waals surface area contributed by atoms with E-state index in [1.54, 1.807) is 9.81 Å². The lowest BCUT2D eigenvalue weighted by Gasteiger charge is -2.26. The Morgan fingerprint density at radius 2 is 0.706 bits per heavy atom. The monoisotopic (exact) mass is 512 g/mol. The highest BCUT2D eigenvalue weighted by Gasteiger charge is 2.49. The highest BCUT2D eigenvalue weighted by molar-refractivity contribution is 8.08. The van der Waals surface area contributed by atoms with Crippen molar-refractivity contribution in [2.24, 2.45) is 0 Å². The smallest absolute Gasteiger partial charge is 0.0795 e. The van der Waals surface area contributed by atoms with Gasteiger partial charge in [-0.3, -0.25) is 0 Å². The van der Waals surface area contributed by atoms with Crippen LogP contribution in [0.1, 0.15) is 25.7 Å². The molecule has 0 saturated carbocycles. The third-order valence-corrected chi connectivity index (χ3v) is 14.6. The van der Waals surface area contributed by atoms with E-state index in [0.29, 0.717) is 0 Å². The minimum atomic E-state index is -0.00738.